The fraction of sp³-hybridized carbons (Fsp3) is 0.100. The van der Waals surface area contributed by atoms with E-state index in [-0.39, 0.29) is 16.9 Å². The average molecular weight is 293 g/mol. The highest BCUT2D eigenvalue weighted by Crippen LogP contribution is 2.24. The van der Waals surface area contributed by atoms with Crippen LogP contribution in [0.2, 0.25) is 0 Å². The molecule has 0 fully saturated rings. The molecule has 0 unspecified atom stereocenters. The molecular weight excluding hydrogens is 286 g/mol. The highest BCUT2D eigenvalue weighted by Gasteiger charge is 2.23. The number of aromatic nitrogens is 3. The number of benzene rings is 1. The summed E-state index contributed by atoms with van der Waals surface area (Å²) >= 11 is 0. The van der Waals surface area contributed by atoms with Crippen molar-refractivity contribution < 1.29 is 19.4 Å². The molecule has 1 heterocycles. The Morgan fingerprint density at radius 3 is 2.52 bits per heavy atom. The first-order chi connectivity index (χ1) is 9.93. The van der Waals surface area contributed by atoms with Crippen LogP contribution in [0.5, 0.6) is 0 Å². The van der Waals surface area contributed by atoms with Gasteiger partial charge in [-0.2, -0.15) is 0 Å². The largest absolute Gasteiger partial charge is 0.491 e. The predicted octanol–water partition coefficient (Wildman–Crippen LogP) is 0.870. The van der Waals surface area contributed by atoms with Gasteiger partial charge in [0.1, 0.15) is 0 Å². The zero-order valence-corrected chi connectivity index (χ0v) is 10.5. The first-order valence-electron chi connectivity index (χ1n) is 5.37. The Kier molecular flexibility index (Phi) is 3.56. The molecule has 11 heteroatoms. The van der Waals surface area contributed by atoms with Crippen molar-refractivity contribution in [2.45, 2.75) is 0 Å². The number of ether oxygens (including phenoxy) is 1. The molecule has 0 bridgehead atoms. The lowest BCUT2D eigenvalue weighted by Gasteiger charge is -2.03. The summed E-state index contributed by atoms with van der Waals surface area (Å²) in [4.78, 5) is 34.8. The highest BCUT2D eigenvalue weighted by molar-refractivity contribution is 5.90. The van der Waals surface area contributed by atoms with E-state index < -0.39 is 21.8 Å². The standard InChI is InChI=1S/C10H7N5O6/c1-21-9(16)6-2-3-7(14(17)18)8(4-6)13-5-11-10(12-13)15(19)20/h2-5H,1H3. The number of esters is 1. The number of nitro benzene ring substituents is 1. The molecule has 2 rings (SSSR count). The van der Waals surface area contributed by atoms with Gasteiger partial charge >= 0.3 is 11.9 Å². The number of methoxy groups -OCH3 is 1. The minimum absolute atomic E-state index is 0.0382. The van der Waals surface area contributed by atoms with Crippen LogP contribution in [0.4, 0.5) is 11.6 Å². The molecule has 108 valence electrons. The molecule has 11 nitrogen and oxygen atoms in total. The maximum absolute atomic E-state index is 11.4. The molecular formula is C10H7N5O6. The van der Waals surface area contributed by atoms with Crippen molar-refractivity contribution >= 4 is 17.6 Å². The lowest BCUT2D eigenvalue weighted by atomic mass is 10.1. The average Bonchev–Trinajstić information content (AvgIpc) is 2.95. The van der Waals surface area contributed by atoms with E-state index in [1.54, 1.807) is 0 Å². The highest BCUT2D eigenvalue weighted by atomic mass is 16.6. The molecule has 1 aromatic heterocycles. The fourth-order valence-corrected chi connectivity index (χ4v) is 1.56. The van der Waals surface area contributed by atoms with Crippen molar-refractivity contribution in [1.29, 1.82) is 0 Å². The molecule has 21 heavy (non-hydrogen) atoms. The Hall–Kier alpha value is -3.37. The van der Waals surface area contributed by atoms with Gasteiger partial charge in [0.2, 0.25) is 6.33 Å². The van der Waals surface area contributed by atoms with E-state index in [1.807, 2.05) is 0 Å². The zero-order chi connectivity index (χ0) is 15.6. The lowest BCUT2D eigenvalue weighted by Crippen LogP contribution is -2.06. The van der Waals surface area contributed by atoms with Crippen LogP contribution in [-0.2, 0) is 4.74 Å². The van der Waals surface area contributed by atoms with Gasteiger partial charge in [-0.1, -0.05) is 4.98 Å². The number of rotatable bonds is 4. The Labute approximate surface area is 116 Å². The Bertz CT molecular complexity index is 739. The van der Waals surface area contributed by atoms with Crippen LogP contribution in [0.1, 0.15) is 10.4 Å². The smallest absolute Gasteiger partial charge is 0.465 e. The Balaban J connectivity index is 2.59. The molecule has 0 saturated heterocycles. The van der Waals surface area contributed by atoms with Crippen molar-refractivity contribution in [3.05, 3.63) is 50.3 Å². The van der Waals surface area contributed by atoms with Crippen LogP contribution in [0.3, 0.4) is 0 Å². The number of hydrogen-bond acceptors (Lipinski definition) is 8. The van der Waals surface area contributed by atoms with Crippen molar-refractivity contribution in [1.82, 2.24) is 14.8 Å². The lowest BCUT2D eigenvalue weighted by molar-refractivity contribution is -0.394. The summed E-state index contributed by atoms with van der Waals surface area (Å²) in [6.45, 7) is 0. The van der Waals surface area contributed by atoms with Crippen LogP contribution < -0.4 is 0 Å². The summed E-state index contributed by atoms with van der Waals surface area (Å²) in [5, 5.41) is 25.0. The molecule has 2 aromatic rings. The van der Waals surface area contributed by atoms with Gasteiger partial charge in [-0.15, -0.1) is 4.68 Å². The van der Waals surface area contributed by atoms with Gasteiger partial charge in [0, 0.05) is 11.2 Å². The SMILES string of the molecule is COC(=O)c1ccc([N+](=O)[O-])c(-n2cnc([N+](=O)[O-])n2)c1. The summed E-state index contributed by atoms with van der Waals surface area (Å²) in [6.07, 6.45) is 0.946. The molecule has 0 saturated carbocycles. The van der Waals surface area contributed by atoms with E-state index in [2.05, 4.69) is 14.8 Å². The quantitative estimate of drug-likeness (QED) is 0.458. The molecule has 0 aliphatic heterocycles. The van der Waals surface area contributed by atoms with E-state index in [9.17, 15) is 25.0 Å². The van der Waals surface area contributed by atoms with Crippen molar-refractivity contribution in [2.24, 2.45) is 0 Å². The van der Waals surface area contributed by atoms with Gasteiger partial charge in [0.15, 0.2) is 5.69 Å². The first kappa shape index (κ1) is 14.0. The molecule has 1 aromatic carbocycles. The molecule has 0 radical (unpaired) electrons. The van der Waals surface area contributed by atoms with E-state index in [1.165, 1.54) is 6.07 Å². The summed E-state index contributed by atoms with van der Waals surface area (Å²) in [7, 11) is 1.16. The Morgan fingerprint density at radius 2 is 2.00 bits per heavy atom. The van der Waals surface area contributed by atoms with Gasteiger partial charge in [-0.05, 0) is 17.1 Å². The zero-order valence-electron chi connectivity index (χ0n) is 10.5. The Morgan fingerprint density at radius 1 is 1.29 bits per heavy atom. The molecule has 0 atom stereocenters. The van der Waals surface area contributed by atoms with Crippen LogP contribution in [0, 0.1) is 20.2 Å². The van der Waals surface area contributed by atoms with Gasteiger partial charge in [-0.3, -0.25) is 10.1 Å². The third-order valence-corrected chi connectivity index (χ3v) is 2.48. The third-order valence-electron chi connectivity index (χ3n) is 2.48. The van der Waals surface area contributed by atoms with Gasteiger partial charge < -0.3 is 14.9 Å². The second-order valence-corrected chi connectivity index (χ2v) is 3.70. The number of nitro groups is 2. The summed E-state index contributed by atoms with van der Waals surface area (Å²) < 4.78 is 5.36. The maximum Gasteiger partial charge on any atom is 0.491 e. The summed E-state index contributed by atoms with van der Waals surface area (Å²) in [5.74, 6) is -1.42. The van der Waals surface area contributed by atoms with Crippen molar-refractivity contribution in [3.8, 4) is 5.69 Å². The number of carbonyl (C=O) groups is 1. The summed E-state index contributed by atoms with van der Waals surface area (Å²) in [6, 6.07) is 3.43. The molecule has 0 amide bonds. The number of hydrogen-bond donors (Lipinski definition) is 0. The summed E-state index contributed by atoms with van der Waals surface area (Å²) in [5.41, 5.74) is -0.484. The second kappa shape index (κ2) is 5.32. The normalized spacial score (nSPS) is 10.1. The van der Waals surface area contributed by atoms with Gasteiger partial charge in [0.25, 0.3) is 5.69 Å². The minimum Gasteiger partial charge on any atom is -0.465 e. The third kappa shape index (κ3) is 2.65. The fourth-order valence-electron chi connectivity index (χ4n) is 1.56. The van der Waals surface area contributed by atoms with E-state index in [0.717, 1.165) is 30.3 Å². The monoisotopic (exact) mass is 293 g/mol. The number of nitrogens with zero attached hydrogens (tertiary/aromatic N) is 5. The molecule has 0 spiro atoms. The van der Waals surface area contributed by atoms with Crippen LogP contribution in [-0.4, -0.2) is 37.7 Å². The maximum atomic E-state index is 11.4. The van der Waals surface area contributed by atoms with Crippen LogP contribution in [0.25, 0.3) is 5.69 Å². The van der Waals surface area contributed by atoms with Crippen molar-refractivity contribution in [2.75, 3.05) is 7.11 Å². The predicted molar refractivity (Wildman–Crippen MR) is 66.0 cm³/mol. The molecule has 0 N–H and O–H groups in total. The second-order valence-electron chi connectivity index (χ2n) is 3.70. The minimum atomic E-state index is -0.841. The van der Waals surface area contributed by atoms with E-state index >= 15 is 0 Å². The molecule has 0 aliphatic rings. The van der Waals surface area contributed by atoms with Gasteiger partial charge in [-0.25, -0.2) is 4.79 Å². The molecule has 0 aliphatic carbocycles. The first-order valence-corrected chi connectivity index (χ1v) is 5.37. The topological polar surface area (TPSA) is 143 Å². The van der Waals surface area contributed by atoms with Crippen LogP contribution >= 0.6 is 0 Å². The van der Waals surface area contributed by atoms with E-state index in [0.29, 0.717) is 0 Å². The van der Waals surface area contributed by atoms with Gasteiger partial charge in [0.05, 0.1) is 17.6 Å². The van der Waals surface area contributed by atoms with Crippen LogP contribution in [0.15, 0.2) is 24.5 Å². The van der Waals surface area contributed by atoms with E-state index in [4.69, 9.17) is 0 Å². The van der Waals surface area contributed by atoms with Crippen molar-refractivity contribution in [3.63, 3.8) is 0 Å². The number of carbonyl (C=O) groups excluding carboxylic acids is 1.